The Bertz CT molecular complexity index is 408. The quantitative estimate of drug-likeness (QED) is 0.752. The summed E-state index contributed by atoms with van der Waals surface area (Å²) in [4.78, 5) is 0. The first-order valence-corrected chi connectivity index (χ1v) is 4.97. The molecule has 1 aromatic carbocycles. The van der Waals surface area contributed by atoms with E-state index in [0.717, 1.165) is 0 Å². The minimum atomic E-state index is -1.18. The average Bonchev–Trinajstić information content (AvgIpc) is 2.37. The minimum absolute atomic E-state index is 0.0685. The Hall–Kier alpha value is -1.85. The number of hydrogen-bond acceptors (Lipinski definition) is 3. The van der Waals surface area contributed by atoms with E-state index in [-0.39, 0.29) is 17.2 Å². The van der Waals surface area contributed by atoms with Crippen molar-refractivity contribution in [2.24, 2.45) is 0 Å². The number of alkyl halides is 3. The molecule has 0 aromatic heterocycles. The van der Waals surface area contributed by atoms with E-state index in [0.29, 0.717) is 5.56 Å². The predicted molar refractivity (Wildman–Crippen MR) is 60.6 cm³/mol. The Balaban J connectivity index is 3.28. The van der Waals surface area contributed by atoms with Crippen LogP contribution in [0.4, 0.5) is 13.2 Å². The smallest absolute Gasteiger partial charge is 0.229 e. The van der Waals surface area contributed by atoms with Crippen LogP contribution >= 0.6 is 0 Å². The van der Waals surface area contributed by atoms with Crippen LogP contribution in [0.25, 0.3) is 6.08 Å². The van der Waals surface area contributed by atoms with Crippen molar-refractivity contribution >= 4 is 6.08 Å². The lowest BCUT2D eigenvalue weighted by molar-refractivity contribution is 0.139. The molecule has 0 saturated heterocycles. The first-order chi connectivity index (χ1) is 8.78. The summed E-state index contributed by atoms with van der Waals surface area (Å²) in [6.45, 7) is 0.0409. The van der Waals surface area contributed by atoms with Gasteiger partial charge < -0.3 is 14.2 Å². The topological polar surface area (TPSA) is 27.7 Å². The Morgan fingerprint density at radius 1 is 0.944 bits per heavy atom. The fourth-order valence-corrected chi connectivity index (χ4v) is 1.39. The SMILES string of the molecule is [CH2]C=Cc1ccc(OCF)c(OCF)c1OCF. The van der Waals surface area contributed by atoms with Crippen LogP contribution in [0.2, 0.25) is 0 Å². The predicted octanol–water partition coefficient (Wildman–Crippen LogP) is 3.45. The summed E-state index contributed by atoms with van der Waals surface area (Å²) in [5.41, 5.74) is 0.414. The molecule has 0 saturated carbocycles. The molecule has 0 fully saturated rings. The van der Waals surface area contributed by atoms with Gasteiger partial charge in [-0.05, 0) is 19.1 Å². The van der Waals surface area contributed by atoms with Gasteiger partial charge in [-0.2, -0.15) is 0 Å². The Labute approximate surface area is 103 Å². The van der Waals surface area contributed by atoms with E-state index in [2.05, 4.69) is 16.4 Å². The van der Waals surface area contributed by atoms with Crippen molar-refractivity contribution in [1.29, 1.82) is 0 Å². The monoisotopic (exact) mass is 261 g/mol. The molecule has 3 nitrogen and oxygen atoms in total. The van der Waals surface area contributed by atoms with Gasteiger partial charge in [-0.15, -0.1) is 0 Å². The molecule has 0 N–H and O–H groups in total. The molecule has 0 aliphatic heterocycles. The normalized spacial score (nSPS) is 10.7. The van der Waals surface area contributed by atoms with Crippen LogP contribution in [0.5, 0.6) is 17.2 Å². The number of ether oxygens (including phenoxy) is 3. The molecule has 1 aromatic rings. The van der Waals surface area contributed by atoms with Gasteiger partial charge in [0.05, 0.1) is 0 Å². The number of allylic oxidation sites excluding steroid dienone is 1. The molecule has 99 valence electrons. The van der Waals surface area contributed by atoms with Gasteiger partial charge in [0.1, 0.15) is 0 Å². The highest BCUT2D eigenvalue weighted by atomic mass is 19.1. The Morgan fingerprint density at radius 2 is 1.56 bits per heavy atom. The van der Waals surface area contributed by atoms with E-state index in [9.17, 15) is 13.2 Å². The van der Waals surface area contributed by atoms with Crippen molar-refractivity contribution in [2.45, 2.75) is 0 Å². The van der Waals surface area contributed by atoms with E-state index in [1.807, 2.05) is 0 Å². The minimum Gasteiger partial charge on any atom is -0.459 e. The fourth-order valence-electron chi connectivity index (χ4n) is 1.39. The summed E-state index contributed by atoms with van der Waals surface area (Å²) in [5.74, 6) is -0.329. The molecule has 0 amide bonds. The summed E-state index contributed by atoms with van der Waals surface area (Å²) in [6.07, 6.45) is 2.95. The molecule has 1 rings (SSSR count). The summed E-state index contributed by atoms with van der Waals surface area (Å²) in [7, 11) is 0. The zero-order valence-electron chi connectivity index (χ0n) is 9.50. The zero-order chi connectivity index (χ0) is 13.4. The third kappa shape index (κ3) is 3.32. The van der Waals surface area contributed by atoms with Crippen molar-refractivity contribution in [2.75, 3.05) is 20.6 Å². The van der Waals surface area contributed by atoms with Gasteiger partial charge in [0.2, 0.25) is 26.3 Å². The molecule has 1 radical (unpaired) electrons. The van der Waals surface area contributed by atoms with E-state index in [1.54, 1.807) is 0 Å². The number of hydrogen-bond donors (Lipinski definition) is 0. The molecule has 0 aliphatic carbocycles. The third-order valence-electron chi connectivity index (χ3n) is 2.01. The van der Waals surface area contributed by atoms with Gasteiger partial charge in [-0.3, -0.25) is 0 Å². The van der Waals surface area contributed by atoms with Crippen LogP contribution in [-0.2, 0) is 0 Å². The molecule has 0 bridgehead atoms. The summed E-state index contributed by atoms with van der Waals surface area (Å²) in [5, 5.41) is 0. The van der Waals surface area contributed by atoms with Gasteiger partial charge in [-0.1, -0.05) is 12.2 Å². The maximum atomic E-state index is 12.3. The molecule has 0 spiro atoms. The molecule has 6 heteroatoms. The lowest BCUT2D eigenvalue weighted by Crippen LogP contribution is -2.02. The molecule has 18 heavy (non-hydrogen) atoms. The lowest BCUT2D eigenvalue weighted by Gasteiger charge is -2.15. The second-order valence-electron chi connectivity index (χ2n) is 2.97. The first-order valence-electron chi connectivity index (χ1n) is 4.97. The van der Waals surface area contributed by atoms with Gasteiger partial charge in [0.15, 0.2) is 11.5 Å². The number of rotatable bonds is 7. The van der Waals surface area contributed by atoms with E-state index >= 15 is 0 Å². The van der Waals surface area contributed by atoms with Crippen LogP contribution in [0.1, 0.15) is 5.56 Å². The molecule has 0 atom stereocenters. The van der Waals surface area contributed by atoms with E-state index in [4.69, 9.17) is 4.74 Å². The van der Waals surface area contributed by atoms with Gasteiger partial charge in [0, 0.05) is 5.56 Å². The molecular weight excluding hydrogens is 249 g/mol. The lowest BCUT2D eigenvalue weighted by atomic mass is 10.1. The van der Waals surface area contributed by atoms with Crippen molar-refractivity contribution in [1.82, 2.24) is 0 Å². The Morgan fingerprint density at radius 3 is 2.11 bits per heavy atom. The molecule has 0 heterocycles. The Kier molecular flexibility index (Phi) is 5.90. The van der Waals surface area contributed by atoms with E-state index < -0.39 is 20.6 Å². The van der Waals surface area contributed by atoms with Crippen LogP contribution in [0, 0.1) is 6.92 Å². The van der Waals surface area contributed by atoms with Crippen LogP contribution in [0.15, 0.2) is 18.2 Å². The average molecular weight is 261 g/mol. The maximum absolute atomic E-state index is 12.3. The third-order valence-corrected chi connectivity index (χ3v) is 2.01. The van der Waals surface area contributed by atoms with Crippen molar-refractivity contribution in [3.63, 3.8) is 0 Å². The standard InChI is InChI=1S/C12H12F3O3/c1-2-3-9-4-5-10(16-6-13)12(18-8-15)11(9)17-7-14/h2-5H,1,6-8H2. The highest BCUT2D eigenvalue weighted by Crippen LogP contribution is 2.41. The highest BCUT2D eigenvalue weighted by molar-refractivity contribution is 5.66. The fraction of sp³-hybridized carbons (Fsp3) is 0.250. The van der Waals surface area contributed by atoms with Crippen molar-refractivity contribution < 1.29 is 27.4 Å². The van der Waals surface area contributed by atoms with Gasteiger partial charge in [-0.25, -0.2) is 13.2 Å². The molecular formula is C12H12F3O3. The second-order valence-corrected chi connectivity index (χ2v) is 2.97. The molecule has 0 unspecified atom stereocenters. The van der Waals surface area contributed by atoms with Gasteiger partial charge in [0.25, 0.3) is 0 Å². The molecule has 0 aliphatic rings. The maximum Gasteiger partial charge on any atom is 0.229 e. The summed E-state index contributed by atoms with van der Waals surface area (Å²) < 4.78 is 50.7. The highest BCUT2D eigenvalue weighted by Gasteiger charge is 2.16. The van der Waals surface area contributed by atoms with E-state index in [1.165, 1.54) is 24.3 Å². The summed E-state index contributed by atoms with van der Waals surface area (Å²) in [6, 6.07) is 2.85. The second kappa shape index (κ2) is 7.47. The van der Waals surface area contributed by atoms with Crippen LogP contribution < -0.4 is 14.2 Å². The zero-order valence-corrected chi connectivity index (χ0v) is 9.50. The van der Waals surface area contributed by atoms with Crippen molar-refractivity contribution in [3.8, 4) is 17.2 Å². The van der Waals surface area contributed by atoms with Crippen molar-refractivity contribution in [3.05, 3.63) is 30.7 Å². The number of halogens is 3. The van der Waals surface area contributed by atoms with Gasteiger partial charge >= 0.3 is 0 Å². The van der Waals surface area contributed by atoms with Crippen LogP contribution in [-0.4, -0.2) is 20.6 Å². The van der Waals surface area contributed by atoms with Crippen LogP contribution in [0.3, 0.4) is 0 Å². The first kappa shape index (κ1) is 14.2. The summed E-state index contributed by atoms with van der Waals surface area (Å²) >= 11 is 0. The largest absolute Gasteiger partial charge is 0.459 e. The number of benzene rings is 1.